The van der Waals surface area contributed by atoms with Gasteiger partial charge < -0.3 is 0 Å². The first kappa shape index (κ1) is 8.10. The van der Waals surface area contributed by atoms with E-state index in [2.05, 4.69) is 4.99 Å². The fraction of sp³-hybridized carbons (Fsp3) is 0.300. The van der Waals surface area contributed by atoms with E-state index in [1.54, 1.807) is 6.07 Å². The van der Waals surface area contributed by atoms with Crippen LogP contribution in [-0.4, -0.2) is 10.6 Å². The zero-order valence-electron chi connectivity index (χ0n) is 7.53. The van der Waals surface area contributed by atoms with Crippen molar-refractivity contribution in [3.8, 4) is 0 Å². The van der Waals surface area contributed by atoms with Crippen LogP contribution in [0.5, 0.6) is 0 Å². The molecule has 0 radical (unpaired) electrons. The summed E-state index contributed by atoms with van der Waals surface area (Å²) in [6.45, 7) is 2.04. The Bertz CT molecular complexity index is 382. The van der Waals surface area contributed by atoms with Gasteiger partial charge in [-0.05, 0) is 23.5 Å². The minimum absolute atomic E-state index is 0.628. The summed E-state index contributed by atoms with van der Waals surface area (Å²) in [6, 6.07) is 7.41. The molecule has 1 aliphatic rings. The van der Waals surface area contributed by atoms with Gasteiger partial charge in [0.1, 0.15) is 0 Å². The van der Waals surface area contributed by atoms with Gasteiger partial charge in [0.15, 0.2) is 0 Å². The van der Waals surface area contributed by atoms with Gasteiger partial charge >= 0.3 is 5.84 Å². The van der Waals surface area contributed by atoms with Crippen molar-refractivity contribution in [2.45, 2.75) is 19.8 Å². The van der Waals surface area contributed by atoms with Crippen molar-refractivity contribution in [2.75, 3.05) is 0 Å². The first-order chi connectivity index (χ1) is 6.33. The minimum Gasteiger partial charge on any atom is -0.0648 e. The summed E-state index contributed by atoms with van der Waals surface area (Å²) in [5.74, 6) is 0.628. The summed E-state index contributed by atoms with van der Waals surface area (Å²) in [4.78, 5) is 15.8. The second kappa shape index (κ2) is 3.09. The topological polar surface area (TPSA) is 32.4 Å². The van der Waals surface area contributed by atoms with Gasteiger partial charge in [0, 0.05) is 4.76 Å². The second-order valence-corrected chi connectivity index (χ2v) is 3.06. The van der Waals surface area contributed by atoms with Crippen LogP contribution in [-0.2, 0) is 0 Å². The van der Waals surface area contributed by atoms with Crippen molar-refractivity contribution < 1.29 is 4.76 Å². The van der Waals surface area contributed by atoms with Crippen LogP contribution >= 0.6 is 0 Å². The monoisotopic (exact) mass is 175 g/mol. The van der Waals surface area contributed by atoms with Gasteiger partial charge in [-0.15, -0.1) is 0 Å². The van der Waals surface area contributed by atoms with Crippen LogP contribution in [0.2, 0.25) is 0 Å². The van der Waals surface area contributed by atoms with E-state index < -0.39 is 0 Å². The number of fused-ring (bicyclic) bond motifs is 1. The zero-order chi connectivity index (χ0) is 9.26. The first-order valence-electron chi connectivity index (χ1n) is 4.47. The molecule has 0 aliphatic carbocycles. The Labute approximate surface area is 76.7 Å². The van der Waals surface area contributed by atoms with Gasteiger partial charge in [-0.1, -0.05) is 24.0 Å². The molecule has 13 heavy (non-hydrogen) atoms. The molecule has 3 nitrogen and oxygen atoms in total. The number of nitroso groups, excluding NO2 is 1. The molecule has 0 spiro atoms. The summed E-state index contributed by atoms with van der Waals surface area (Å²) >= 11 is 0. The molecule has 0 saturated heterocycles. The normalized spacial score (nSPS) is 14.2. The van der Waals surface area contributed by atoms with E-state index in [4.69, 9.17) is 0 Å². The van der Waals surface area contributed by atoms with Gasteiger partial charge in [0.25, 0.3) is 0 Å². The molecule has 0 fully saturated rings. The Morgan fingerprint density at radius 1 is 1.38 bits per heavy atom. The molecule has 0 bridgehead atoms. The molecule has 1 heterocycles. The fourth-order valence-corrected chi connectivity index (χ4v) is 1.43. The Morgan fingerprint density at radius 2 is 2.15 bits per heavy atom. The van der Waals surface area contributed by atoms with E-state index in [1.165, 1.54) is 0 Å². The van der Waals surface area contributed by atoms with Gasteiger partial charge in [0.05, 0.1) is 6.42 Å². The zero-order valence-corrected chi connectivity index (χ0v) is 7.53. The lowest BCUT2D eigenvalue weighted by molar-refractivity contribution is -0.328. The molecular formula is C10H11N2O+. The predicted octanol–water partition coefficient (Wildman–Crippen LogP) is 2.94. The van der Waals surface area contributed by atoms with Gasteiger partial charge in [0.2, 0.25) is 11.4 Å². The van der Waals surface area contributed by atoms with Crippen LogP contribution in [0.3, 0.4) is 0 Å². The van der Waals surface area contributed by atoms with E-state index in [9.17, 15) is 4.91 Å². The van der Waals surface area contributed by atoms with Crippen LogP contribution < -0.4 is 0 Å². The largest absolute Gasteiger partial charge is 0.343 e. The van der Waals surface area contributed by atoms with Crippen LogP contribution in [0, 0.1) is 4.91 Å². The average Bonchev–Trinajstić information content (AvgIpc) is 2.46. The third-order valence-corrected chi connectivity index (χ3v) is 2.06. The third kappa shape index (κ3) is 1.26. The Kier molecular flexibility index (Phi) is 1.93. The van der Waals surface area contributed by atoms with Crippen molar-refractivity contribution in [2.24, 2.45) is 4.99 Å². The number of aliphatic imine (C=N–C) groups is 1. The van der Waals surface area contributed by atoms with Crippen LogP contribution in [0.1, 0.15) is 19.8 Å². The first-order valence-corrected chi connectivity index (χ1v) is 4.47. The summed E-state index contributed by atoms with van der Waals surface area (Å²) in [5.41, 5.74) is 1.46. The highest BCUT2D eigenvalue weighted by Crippen LogP contribution is 2.33. The van der Waals surface area contributed by atoms with Crippen molar-refractivity contribution in [1.29, 1.82) is 0 Å². The second-order valence-electron chi connectivity index (χ2n) is 3.06. The average molecular weight is 175 g/mol. The lowest BCUT2D eigenvalue weighted by Gasteiger charge is -1.88. The molecule has 2 rings (SSSR count). The molecule has 0 unspecified atom stereocenters. The number of benzene rings is 1. The molecule has 1 aromatic rings. The maximum atomic E-state index is 11.6. The molecule has 0 aromatic heterocycles. The summed E-state index contributed by atoms with van der Waals surface area (Å²) < 4.78 is 0.929. The molecule has 1 aromatic carbocycles. The van der Waals surface area contributed by atoms with E-state index in [0.29, 0.717) is 11.5 Å². The molecule has 0 N–H and O–H groups in total. The van der Waals surface area contributed by atoms with Gasteiger partial charge in [-0.2, -0.15) is 0 Å². The van der Waals surface area contributed by atoms with E-state index in [-0.39, 0.29) is 0 Å². The number of amidine groups is 1. The molecule has 66 valence electrons. The van der Waals surface area contributed by atoms with E-state index in [0.717, 1.165) is 23.3 Å². The Morgan fingerprint density at radius 3 is 2.85 bits per heavy atom. The third-order valence-electron chi connectivity index (χ3n) is 2.06. The number of para-hydroxylation sites is 2. The highest BCUT2D eigenvalue weighted by Gasteiger charge is 2.31. The number of rotatable bonds is 2. The van der Waals surface area contributed by atoms with E-state index in [1.807, 2.05) is 25.1 Å². The molecular weight excluding hydrogens is 164 g/mol. The molecule has 0 saturated carbocycles. The van der Waals surface area contributed by atoms with E-state index >= 15 is 0 Å². The predicted molar refractivity (Wildman–Crippen MR) is 51.7 cm³/mol. The summed E-state index contributed by atoms with van der Waals surface area (Å²) in [7, 11) is 0. The Balaban J connectivity index is 2.39. The van der Waals surface area contributed by atoms with Crippen molar-refractivity contribution >= 4 is 17.2 Å². The maximum Gasteiger partial charge on any atom is 0.343 e. The minimum atomic E-state index is 0.628. The van der Waals surface area contributed by atoms with Crippen LogP contribution in [0.25, 0.3) is 0 Å². The summed E-state index contributed by atoms with van der Waals surface area (Å²) in [5, 5.41) is 0. The molecule has 1 aliphatic heterocycles. The standard InChI is InChI=1S/C10H11N2O/c1-2-5-10-11-8-6-3-4-7-9(8)12(10)13/h3-4,6-7H,2,5H2,1H3/q+1. The van der Waals surface area contributed by atoms with Crippen molar-refractivity contribution in [1.82, 2.24) is 0 Å². The van der Waals surface area contributed by atoms with Gasteiger partial charge in [-0.3, -0.25) is 0 Å². The van der Waals surface area contributed by atoms with Crippen LogP contribution in [0.15, 0.2) is 29.3 Å². The summed E-state index contributed by atoms with van der Waals surface area (Å²) in [6.07, 6.45) is 1.70. The van der Waals surface area contributed by atoms with Crippen molar-refractivity contribution in [3.63, 3.8) is 0 Å². The highest BCUT2D eigenvalue weighted by atomic mass is 16.3. The quantitative estimate of drug-likeness (QED) is 0.636. The number of hydrogen-bond donors (Lipinski definition) is 0. The number of nitrogens with zero attached hydrogens (tertiary/aromatic N) is 2. The Hall–Kier alpha value is -1.51. The number of hydrogen-bond acceptors (Lipinski definition) is 2. The molecule has 3 heteroatoms. The SMILES string of the molecule is CCCC1=Nc2ccccc2[N+]1=O. The van der Waals surface area contributed by atoms with Crippen molar-refractivity contribution in [3.05, 3.63) is 29.2 Å². The molecule has 0 atom stereocenters. The fourth-order valence-electron chi connectivity index (χ4n) is 1.43. The highest BCUT2D eigenvalue weighted by molar-refractivity contribution is 5.86. The van der Waals surface area contributed by atoms with Gasteiger partial charge in [-0.25, -0.2) is 0 Å². The smallest absolute Gasteiger partial charge is 0.0648 e. The van der Waals surface area contributed by atoms with Crippen LogP contribution in [0.4, 0.5) is 11.4 Å². The lowest BCUT2D eigenvalue weighted by Crippen LogP contribution is -2.07. The lowest BCUT2D eigenvalue weighted by atomic mass is 10.3. The molecule has 0 amide bonds. The maximum absolute atomic E-state index is 11.6.